The van der Waals surface area contributed by atoms with Gasteiger partial charge in [0.2, 0.25) is 0 Å². The number of cyclic esters (lactones) is 1. The fourth-order valence-electron chi connectivity index (χ4n) is 2.73. The van der Waals surface area contributed by atoms with Crippen LogP contribution in [0.1, 0.15) is 0 Å². The molecule has 0 radical (unpaired) electrons. The molecule has 0 unspecified atom stereocenters. The van der Waals surface area contributed by atoms with Crippen LogP contribution in [0.5, 0.6) is 0 Å². The summed E-state index contributed by atoms with van der Waals surface area (Å²) in [5.41, 5.74) is 0.746. The first-order valence-corrected chi connectivity index (χ1v) is 9.08. The summed E-state index contributed by atoms with van der Waals surface area (Å²) in [5, 5.41) is 8.37. The van der Waals surface area contributed by atoms with Crippen molar-refractivity contribution in [3.63, 3.8) is 0 Å². The average Bonchev–Trinajstić information content (AvgIpc) is 3.01. The van der Waals surface area contributed by atoms with E-state index in [4.69, 9.17) is 27.9 Å². The predicted molar refractivity (Wildman–Crippen MR) is 101 cm³/mol. The second kappa shape index (κ2) is 8.18. The number of nitrogens with one attached hydrogen (secondary N) is 1. The Hall–Kier alpha value is -2.26. The molecule has 0 aliphatic carbocycles. The SMILES string of the molecule is CN1CCN(c2ccc(N3C[C@H](CNC(=O)C(Cl)Cl)OC3=O)cc2F)C=N1. The van der Waals surface area contributed by atoms with Gasteiger partial charge < -0.3 is 15.0 Å². The fraction of sp³-hybridized carbons (Fsp3) is 0.438. The van der Waals surface area contributed by atoms with Crippen molar-refractivity contribution >= 4 is 52.9 Å². The summed E-state index contributed by atoms with van der Waals surface area (Å²) in [7, 11) is 1.84. The lowest BCUT2D eigenvalue weighted by Gasteiger charge is -2.28. The van der Waals surface area contributed by atoms with Gasteiger partial charge in [0.25, 0.3) is 5.91 Å². The third kappa shape index (κ3) is 4.54. The van der Waals surface area contributed by atoms with E-state index in [-0.39, 0.29) is 13.1 Å². The van der Waals surface area contributed by atoms with Crippen LogP contribution in [0.2, 0.25) is 0 Å². The molecule has 1 aromatic rings. The molecule has 2 heterocycles. The van der Waals surface area contributed by atoms with Crippen molar-refractivity contribution in [1.82, 2.24) is 10.3 Å². The van der Waals surface area contributed by atoms with Gasteiger partial charge in [0.05, 0.1) is 31.0 Å². The van der Waals surface area contributed by atoms with Crippen molar-refractivity contribution in [3.8, 4) is 0 Å². The number of hydrazone groups is 1. The molecule has 3 rings (SSSR count). The summed E-state index contributed by atoms with van der Waals surface area (Å²) in [5.74, 6) is -1.04. The first-order valence-electron chi connectivity index (χ1n) is 8.20. The second-order valence-electron chi connectivity index (χ2n) is 6.10. The number of alkyl halides is 2. The van der Waals surface area contributed by atoms with Crippen LogP contribution in [0, 0.1) is 5.82 Å². The number of carbonyl (C=O) groups is 2. The Morgan fingerprint density at radius 1 is 1.44 bits per heavy atom. The Morgan fingerprint density at radius 3 is 2.85 bits per heavy atom. The molecule has 1 N–H and O–H groups in total. The van der Waals surface area contributed by atoms with E-state index in [1.54, 1.807) is 28.4 Å². The lowest BCUT2D eigenvalue weighted by Crippen LogP contribution is -2.37. The van der Waals surface area contributed by atoms with E-state index in [0.29, 0.717) is 24.5 Å². The summed E-state index contributed by atoms with van der Waals surface area (Å²) >= 11 is 10.9. The summed E-state index contributed by atoms with van der Waals surface area (Å²) in [4.78, 5) is 25.3. The van der Waals surface area contributed by atoms with Crippen LogP contribution >= 0.6 is 23.2 Å². The molecule has 1 fully saturated rings. The zero-order valence-electron chi connectivity index (χ0n) is 14.4. The highest BCUT2D eigenvalue weighted by Gasteiger charge is 2.33. The monoisotopic (exact) mass is 417 g/mol. The van der Waals surface area contributed by atoms with E-state index < -0.39 is 28.8 Å². The molecule has 27 heavy (non-hydrogen) atoms. The third-order valence-electron chi connectivity index (χ3n) is 4.18. The van der Waals surface area contributed by atoms with Crippen molar-refractivity contribution in [1.29, 1.82) is 0 Å². The lowest BCUT2D eigenvalue weighted by atomic mass is 10.2. The van der Waals surface area contributed by atoms with Gasteiger partial charge in [0.15, 0.2) is 4.84 Å². The molecule has 11 heteroatoms. The van der Waals surface area contributed by atoms with Crippen LogP contribution in [0.25, 0.3) is 0 Å². The largest absolute Gasteiger partial charge is 0.442 e. The number of carbonyl (C=O) groups excluding carboxylic acids is 2. The average molecular weight is 418 g/mol. The Labute approximate surface area is 165 Å². The van der Waals surface area contributed by atoms with Crippen LogP contribution in [-0.2, 0) is 9.53 Å². The highest BCUT2D eigenvalue weighted by atomic mass is 35.5. The van der Waals surface area contributed by atoms with Crippen LogP contribution in [0.3, 0.4) is 0 Å². The lowest BCUT2D eigenvalue weighted by molar-refractivity contribution is -0.119. The Balaban J connectivity index is 1.66. The zero-order valence-corrected chi connectivity index (χ0v) is 16.0. The first kappa shape index (κ1) is 19.5. The first-order chi connectivity index (χ1) is 12.8. The normalized spacial score (nSPS) is 19.7. The third-order valence-corrected chi connectivity index (χ3v) is 4.58. The number of halogens is 3. The fourth-order valence-corrected chi connectivity index (χ4v) is 2.88. The van der Waals surface area contributed by atoms with Gasteiger partial charge in [-0.1, -0.05) is 23.2 Å². The minimum Gasteiger partial charge on any atom is -0.442 e. The molecule has 1 aromatic carbocycles. The molecule has 1 saturated heterocycles. The Kier molecular flexibility index (Phi) is 5.91. The minimum absolute atomic E-state index is 0.0648. The molecule has 0 bridgehead atoms. The van der Waals surface area contributed by atoms with Gasteiger partial charge in [-0.3, -0.25) is 14.7 Å². The van der Waals surface area contributed by atoms with Crippen LogP contribution in [-0.4, -0.2) is 67.5 Å². The number of amides is 2. The Morgan fingerprint density at radius 2 is 2.22 bits per heavy atom. The smallest absolute Gasteiger partial charge is 0.414 e. The number of nitrogens with zero attached hydrogens (tertiary/aromatic N) is 4. The van der Waals surface area contributed by atoms with E-state index in [1.807, 2.05) is 7.05 Å². The predicted octanol–water partition coefficient (Wildman–Crippen LogP) is 1.77. The number of hydrogen-bond acceptors (Lipinski definition) is 6. The molecule has 8 nitrogen and oxygen atoms in total. The number of benzene rings is 1. The maximum atomic E-state index is 14.6. The van der Waals surface area contributed by atoms with E-state index in [9.17, 15) is 14.0 Å². The summed E-state index contributed by atoms with van der Waals surface area (Å²) < 4.78 is 19.8. The highest BCUT2D eigenvalue weighted by molar-refractivity contribution is 6.53. The van der Waals surface area contributed by atoms with E-state index in [0.717, 1.165) is 0 Å². The molecule has 146 valence electrons. The van der Waals surface area contributed by atoms with Crippen molar-refractivity contribution in [2.75, 3.05) is 43.0 Å². The van der Waals surface area contributed by atoms with Crippen LogP contribution in [0.4, 0.5) is 20.6 Å². The summed E-state index contributed by atoms with van der Waals surface area (Å²) in [6.07, 6.45) is 0.364. The standard InChI is InChI=1S/C16H18Cl2FN5O3/c1-22-4-5-23(9-21-22)13-3-2-10(6-12(13)19)24-8-11(27-16(24)26)7-20-15(25)14(17)18/h2-3,6,9,11,14H,4-5,7-8H2,1H3,(H,20,25)/t11-/m0/s1. The van der Waals surface area contributed by atoms with Crippen molar-refractivity contribution in [2.24, 2.45) is 5.10 Å². The van der Waals surface area contributed by atoms with Crippen LogP contribution < -0.4 is 15.1 Å². The molecular weight excluding hydrogens is 400 g/mol. The number of rotatable bonds is 5. The van der Waals surface area contributed by atoms with Crippen molar-refractivity contribution < 1.29 is 18.7 Å². The van der Waals surface area contributed by atoms with E-state index in [1.165, 1.54) is 11.0 Å². The maximum Gasteiger partial charge on any atom is 0.414 e. The van der Waals surface area contributed by atoms with Gasteiger partial charge in [-0.2, -0.15) is 5.10 Å². The molecule has 2 aliphatic heterocycles. The van der Waals surface area contributed by atoms with Gasteiger partial charge in [-0.05, 0) is 18.2 Å². The minimum atomic E-state index is -1.20. The van der Waals surface area contributed by atoms with Gasteiger partial charge in [-0.25, -0.2) is 9.18 Å². The number of hydrogen-bond donors (Lipinski definition) is 1. The maximum absolute atomic E-state index is 14.6. The van der Waals surface area contributed by atoms with Gasteiger partial charge in [-0.15, -0.1) is 0 Å². The van der Waals surface area contributed by atoms with Crippen molar-refractivity contribution in [2.45, 2.75) is 10.9 Å². The van der Waals surface area contributed by atoms with E-state index in [2.05, 4.69) is 10.4 Å². The number of ether oxygens (including phenoxy) is 1. The summed E-state index contributed by atoms with van der Waals surface area (Å²) in [6.45, 7) is 1.51. The van der Waals surface area contributed by atoms with Crippen LogP contribution in [0.15, 0.2) is 23.3 Å². The second-order valence-corrected chi connectivity index (χ2v) is 7.20. The Bertz CT molecular complexity index is 764. The summed E-state index contributed by atoms with van der Waals surface area (Å²) in [6, 6.07) is 4.51. The molecule has 0 aromatic heterocycles. The van der Waals surface area contributed by atoms with Crippen molar-refractivity contribution in [3.05, 3.63) is 24.0 Å². The molecule has 0 spiro atoms. The zero-order chi connectivity index (χ0) is 19.6. The molecule has 1 atom stereocenters. The highest BCUT2D eigenvalue weighted by Crippen LogP contribution is 2.28. The van der Waals surface area contributed by atoms with Gasteiger partial charge in [0, 0.05) is 13.6 Å². The van der Waals surface area contributed by atoms with Gasteiger partial charge >= 0.3 is 6.09 Å². The molecule has 2 amide bonds. The quantitative estimate of drug-likeness (QED) is 0.738. The number of likely N-dealkylation sites (N-methyl/N-ethyl adjacent to an activating group) is 1. The molecular formula is C16H18Cl2FN5O3. The molecule has 2 aliphatic rings. The number of anilines is 2. The molecule has 0 saturated carbocycles. The topological polar surface area (TPSA) is 77.5 Å². The van der Waals surface area contributed by atoms with E-state index >= 15 is 0 Å². The van der Waals surface area contributed by atoms with Gasteiger partial charge in [0.1, 0.15) is 18.3 Å².